The Balaban J connectivity index is 1.89. The molecule has 0 saturated heterocycles. The van der Waals surface area contributed by atoms with Gasteiger partial charge in [-0.1, -0.05) is 6.07 Å². The van der Waals surface area contributed by atoms with Crippen molar-refractivity contribution in [3.63, 3.8) is 0 Å². The summed E-state index contributed by atoms with van der Waals surface area (Å²) in [5, 5.41) is 14.3. The average Bonchev–Trinajstić information content (AvgIpc) is 2.98. The number of aromatic amines is 1. The van der Waals surface area contributed by atoms with Gasteiger partial charge >= 0.3 is 0 Å². The van der Waals surface area contributed by atoms with Gasteiger partial charge in [-0.3, -0.25) is 15.2 Å². The standard InChI is InChI=1S/C11H10N6O/c1-17-11(12-6-14-17)15-10(18)7-2-3-8-5-13-16-9(8)4-7/h2-6H,1H3,(H,13,16)(H,12,14,15,18). The lowest BCUT2D eigenvalue weighted by atomic mass is 10.1. The SMILES string of the molecule is Cn1ncnc1NC(=O)c1ccc2cn[nH]c2c1. The second kappa shape index (κ2) is 3.95. The Kier molecular flexibility index (Phi) is 2.30. The molecule has 3 rings (SSSR count). The Morgan fingerprint density at radius 2 is 2.33 bits per heavy atom. The molecule has 7 heteroatoms. The number of hydrogen-bond acceptors (Lipinski definition) is 4. The van der Waals surface area contributed by atoms with Crippen molar-refractivity contribution in [3.05, 3.63) is 36.3 Å². The van der Waals surface area contributed by atoms with E-state index < -0.39 is 0 Å². The van der Waals surface area contributed by atoms with Crippen LogP contribution in [0.2, 0.25) is 0 Å². The molecule has 0 atom stereocenters. The molecule has 0 aliphatic heterocycles. The molecule has 0 saturated carbocycles. The number of amides is 1. The second-order valence-electron chi connectivity index (χ2n) is 3.83. The summed E-state index contributed by atoms with van der Waals surface area (Å²) in [5.74, 6) is 0.173. The number of rotatable bonds is 2. The van der Waals surface area contributed by atoms with E-state index in [1.54, 1.807) is 25.4 Å². The predicted molar refractivity (Wildman–Crippen MR) is 65.0 cm³/mol. The van der Waals surface area contributed by atoms with E-state index in [0.29, 0.717) is 11.5 Å². The van der Waals surface area contributed by atoms with Crippen molar-refractivity contribution < 1.29 is 4.79 Å². The molecule has 0 bridgehead atoms. The summed E-state index contributed by atoms with van der Waals surface area (Å²) in [4.78, 5) is 15.9. The number of nitrogens with one attached hydrogen (secondary N) is 2. The van der Waals surface area contributed by atoms with Crippen LogP contribution in [0.15, 0.2) is 30.7 Å². The van der Waals surface area contributed by atoms with E-state index in [1.807, 2.05) is 6.07 Å². The molecule has 1 amide bonds. The number of H-pyrrole nitrogens is 1. The fourth-order valence-electron chi connectivity index (χ4n) is 1.66. The molecule has 2 heterocycles. The number of aromatic nitrogens is 5. The molecule has 18 heavy (non-hydrogen) atoms. The minimum Gasteiger partial charge on any atom is -0.291 e. The Bertz CT molecular complexity index is 713. The van der Waals surface area contributed by atoms with Crippen LogP contribution in [-0.2, 0) is 7.05 Å². The van der Waals surface area contributed by atoms with Crippen LogP contribution in [-0.4, -0.2) is 30.9 Å². The van der Waals surface area contributed by atoms with Gasteiger partial charge in [0.2, 0.25) is 5.95 Å². The Labute approximate surface area is 102 Å². The van der Waals surface area contributed by atoms with Crippen LogP contribution < -0.4 is 5.32 Å². The molecule has 0 unspecified atom stereocenters. The largest absolute Gasteiger partial charge is 0.291 e. The number of carbonyl (C=O) groups excluding carboxylic acids is 1. The third kappa shape index (κ3) is 1.71. The fraction of sp³-hybridized carbons (Fsp3) is 0.0909. The van der Waals surface area contributed by atoms with Crippen molar-refractivity contribution in [1.29, 1.82) is 0 Å². The number of aryl methyl sites for hydroxylation is 1. The van der Waals surface area contributed by atoms with Crippen LogP contribution >= 0.6 is 0 Å². The molecule has 0 aliphatic carbocycles. The first-order valence-corrected chi connectivity index (χ1v) is 5.32. The van der Waals surface area contributed by atoms with Gasteiger partial charge in [-0.25, -0.2) is 4.68 Å². The molecule has 0 radical (unpaired) electrons. The topological polar surface area (TPSA) is 88.5 Å². The van der Waals surface area contributed by atoms with Crippen molar-refractivity contribution >= 4 is 22.8 Å². The Morgan fingerprint density at radius 1 is 1.44 bits per heavy atom. The second-order valence-corrected chi connectivity index (χ2v) is 3.83. The summed E-state index contributed by atoms with van der Waals surface area (Å²) in [7, 11) is 1.71. The Hall–Kier alpha value is -2.70. The van der Waals surface area contributed by atoms with Crippen molar-refractivity contribution in [1.82, 2.24) is 25.0 Å². The van der Waals surface area contributed by atoms with Crippen molar-refractivity contribution in [2.24, 2.45) is 7.05 Å². The van der Waals surface area contributed by atoms with Crippen LogP contribution in [0.4, 0.5) is 5.95 Å². The van der Waals surface area contributed by atoms with Gasteiger partial charge in [-0.2, -0.15) is 15.2 Å². The van der Waals surface area contributed by atoms with E-state index >= 15 is 0 Å². The van der Waals surface area contributed by atoms with E-state index in [-0.39, 0.29) is 5.91 Å². The maximum atomic E-state index is 12.0. The zero-order valence-corrected chi connectivity index (χ0v) is 9.58. The molecule has 2 N–H and O–H groups in total. The highest BCUT2D eigenvalue weighted by molar-refractivity contribution is 6.05. The van der Waals surface area contributed by atoms with E-state index in [4.69, 9.17) is 0 Å². The van der Waals surface area contributed by atoms with Crippen molar-refractivity contribution in [2.75, 3.05) is 5.32 Å². The highest BCUT2D eigenvalue weighted by Gasteiger charge is 2.10. The molecule has 7 nitrogen and oxygen atoms in total. The zero-order valence-electron chi connectivity index (χ0n) is 9.58. The molecule has 1 aromatic carbocycles. The van der Waals surface area contributed by atoms with Gasteiger partial charge in [-0.05, 0) is 12.1 Å². The lowest BCUT2D eigenvalue weighted by Gasteiger charge is -2.03. The molecule has 3 aromatic rings. The van der Waals surface area contributed by atoms with Gasteiger partial charge in [0, 0.05) is 18.0 Å². The monoisotopic (exact) mass is 242 g/mol. The summed E-state index contributed by atoms with van der Waals surface area (Å²) in [5.41, 5.74) is 1.36. The first-order valence-electron chi connectivity index (χ1n) is 5.32. The third-order valence-corrected chi connectivity index (χ3v) is 2.64. The third-order valence-electron chi connectivity index (χ3n) is 2.64. The molecular weight excluding hydrogens is 232 g/mol. The van der Waals surface area contributed by atoms with Gasteiger partial charge in [0.05, 0.1) is 11.7 Å². The number of nitrogens with zero attached hydrogens (tertiary/aromatic N) is 4. The molecule has 0 spiro atoms. The summed E-state index contributed by atoms with van der Waals surface area (Å²) >= 11 is 0. The summed E-state index contributed by atoms with van der Waals surface area (Å²) in [6.45, 7) is 0. The van der Waals surface area contributed by atoms with Gasteiger partial charge in [0.1, 0.15) is 6.33 Å². The van der Waals surface area contributed by atoms with E-state index in [2.05, 4.69) is 25.6 Å². The van der Waals surface area contributed by atoms with Gasteiger partial charge in [0.25, 0.3) is 5.91 Å². The van der Waals surface area contributed by atoms with Crippen LogP contribution in [0.1, 0.15) is 10.4 Å². The Morgan fingerprint density at radius 3 is 3.11 bits per heavy atom. The summed E-state index contributed by atoms with van der Waals surface area (Å²) in [6, 6.07) is 5.32. The highest BCUT2D eigenvalue weighted by Crippen LogP contribution is 2.13. The van der Waals surface area contributed by atoms with Gasteiger partial charge < -0.3 is 0 Å². The van der Waals surface area contributed by atoms with Crippen molar-refractivity contribution in [2.45, 2.75) is 0 Å². The minimum atomic E-state index is -0.234. The molecular formula is C11H10N6O. The van der Waals surface area contributed by atoms with Crippen LogP contribution in [0, 0.1) is 0 Å². The number of hydrogen-bond donors (Lipinski definition) is 2. The number of anilines is 1. The number of benzene rings is 1. The number of fused-ring (bicyclic) bond motifs is 1. The molecule has 2 aromatic heterocycles. The smallest absolute Gasteiger partial charge is 0.258 e. The molecule has 0 aliphatic rings. The lowest BCUT2D eigenvalue weighted by Crippen LogP contribution is -2.15. The maximum Gasteiger partial charge on any atom is 0.258 e. The summed E-state index contributed by atoms with van der Waals surface area (Å²) in [6.07, 6.45) is 3.09. The van der Waals surface area contributed by atoms with Crippen molar-refractivity contribution in [3.8, 4) is 0 Å². The fourth-order valence-corrected chi connectivity index (χ4v) is 1.66. The quantitative estimate of drug-likeness (QED) is 0.700. The first-order chi connectivity index (χ1) is 8.74. The zero-order chi connectivity index (χ0) is 12.5. The summed E-state index contributed by atoms with van der Waals surface area (Å²) < 4.78 is 1.49. The van der Waals surface area contributed by atoms with Gasteiger partial charge in [-0.15, -0.1) is 0 Å². The normalized spacial score (nSPS) is 10.7. The van der Waals surface area contributed by atoms with Crippen LogP contribution in [0.3, 0.4) is 0 Å². The van der Waals surface area contributed by atoms with Crippen LogP contribution in [0.25, 0.3) is 10.9 Å². The minimum absolute atomic E-state index is 0.234. The molecule has 0 fully saturated rings. The first kappa shape index (κ1) is 10.5. The highest BCUT2D eigenvalue weighted by atomic mass is 16.1. The number of carbonyl (C=O) groups is 1. The van der Waals surface area contributed by atoms with E-state index in [9.17, 15) is 4.79 Å². The van der Waals surface area contributed by atoms with E-state index in [0.717, 1.165) is 10.9 Å². The van der Waals surface area contributed by atoms with Gasteiger partial charge in [0.15, 0.2) is 0 Å². The average molecular weight is 242 g/mol. The maximum absolute atomic E-state index is 12.0. The van der Waals surface area contributed by atoms with Crippen LogP contribution in [0.5, 0.6) is 0 Å². The lowest BCUT2D eigenvalue weighted by molar-refractivity contribution is 0.102. The van der Waals surface area contributed by atoms with E-state index in [1.165, 1.54) is 11.0 Å². The molecule has 90 valence electrons. The predicted octanol–water partition coefficient (Wildman–Crippen LogP) is 0.944.